The molecule has 2 saturated heterocycles. The van der Waals surface area contributed by atoms with E-state index in [9.17, 15) is 4.79 Å². The molecule has 0 saturated carbocycles. The van der Waals surface area contributed by atoms with Gasteiger partial charge in [0.15, 0.2) is 0 Å². The smallest absolute Gasteiger partial charge is 0.261 e. The van der Waals surface area contributed by atoms with E-state index >= 15 is 0 Å². The van der Waals surface area contributed by atoms with E-state index in [0.717, 1.165) is 16.7 Å². The Hall–Kier alpha value is -2.40. The highest BCUT2D eigenvalue weighted by molar-refractivity contribution is 5.83. The minimum atomic E-state index is 0.0234. The van der Waals surface area contributed by atoms with Gasteiger partial charge in [-0.2, -0.15) is 0 Å². The van der Waals surface area contributed by atoms with Gasteiger partial charge in [0, 0.05) is 25.5 Å². The molecule has 0 spiro atoms. The van der Waals surface area contributed by atoms with Crippen LogP contribution in [-0.4, -0.2) is 38.1 Å². The Bertz CT molecular complexity index is 1020. The van der Waals surface area contributed by atoms with Gasteiger partial charge in [0.25, 0.3) is 5.56 Å². The lowest BCUT2D eigenvalue weighted by atomic mass is 9.95. The molecule has 0 radical (unpaired) electrons. The number of pyridine rings is 1. The van der Waals surface area contributed by atoms with Crippen LogP contribution >= 0.6 is 0 Å². The van der Waals surface area contributed by atoms with Crippen molar-refractivity contribution in [2.24, 2.45) is 7.05 Å². The van der Waals surface area contributed by atoms with E-state index in [4.69, 9.17) is 0 Å². The van der Waals surface area contributed by atoms with Crippen LogP contribution in [0.25, 0.3) is 22.3 Å². The minimum absolute atomic E-state index is 0.0234. The first kappa shape index (κ1) is 15.8. The molecule has 0 amide bonds. The molecule has 1 aromatic carbocycles. The van der Waals surface area contributed by atoms with E-state index in [1.165, 1.54) is 38.8 Å². The van der Waals surface area contributed by atoms with Crippen molar-refractivity contribution in [3.8, 4) is 11.4 Å². The van der Waals surface area contributed by atoms with Crippen LogP contribution < -0.4 is 5.56 Å². The number of fused-ring (bicyclic) bond motifs is 2. The molecule has 5 heteroatoms. The molecule has 2 fully saturated rings. The van der Waals surface area contributed by atoms with Crippen LogP contribution in [0.1, 0.15) is 31.7 Å². The first-order valence-corrected chi connectivity index (χ1v) is 9.60. The van der Waals surface area contributed by atoms with Gasteiger partial charge in [-0.3, -0.25) is 9.69 Å². The number of rotatable bonds is 2. The molecule has 0 N–H and O–H groups in total. The van der Waals surface area contributed by atoms with E-state index in [-0.39, 0.29) is 5.56 Å². The fourth-order valence-corrected chi connectivity index (χ4v) is 4.96. The third-order valence-electron chi connectivity index (χ3n) is 6.20. The van der Waals surface area contributed by atoms with Crippen molar-refractivity contribution < 1.29 is 0 Å². The van der Waals surface area contributed by atoms with Gasteiger partial charge in [-0.05, 0) is 56.3 Å². The SMILES string of the molecule is Cn1c(=O)c(-c2nccn2[C@@H]2CCCN3CCC[C@H]23)cc2ccccc21. The van der Waals surface area contributed by atoms with E-state index in [1.54, 1.807) is 4.57 Å². The molecular weight excluding hydrogens is 324 g/mol. The van der Waals surface area contributed by atoms with Crippen LogP contribution in [0.2, 0.25) is 0 Å². The Morgan fingerprint density at radius 2 is 1.85 bits per heavy atom. The Kier molecular flexibility index (Phi) is 3.71. The Labute approximate surface area is 152 Å². The number of aryl methyl sites for hydroxylation is 1. The van der Waals surface area contributed by atoms with Crippen LogP contribution in [0, 0.1) is 0 Å². The highest BCUT2D eigenvalue weighted by atomic mass is 16.1. The number of nitrogens with zero attached hydrogens (tertiary/aromatic N) is 4. The second-order valence-electron chi connectivity index (χ2n) is 7.59. The van der Waals surface area contributed by atoms with Gasteiger partial charge < -0.3 is 9.13 Å². The van der Waals surface area contributed by atoms with E-state index in [0.29, 0.717) is 17.6 Å². The van der Waals surface area contributed by atoms with Crippen LogP contribution in [0.15, 0.2) is 47.5 Å². The fourth-order valence-electron chi connectivity index (χ4n) is 4.96. The molecule has 134 valence electrons. The first-order valence-electron chi connectivity index (χ1n) is 9.60. The maximum absolute atomic E-state index is 13.0. The Balaban J connectivity index is 1.65. The summed E-state index contributed by atoms with van der Waals surface area (Å²) < 4.78 is 4.01. The predicted octanol–water partition coefficient (Wildman–Crippen LogP) is 3.20. The molecule has 5 nitrogen and oxygen atoms in total. The van der Waals surface area contributed by atoms with Gasteiger partial charge in [-0.1, -0.05) is 18.2 Å². The molecule has 2 aliphatic rings. The molecule has 26 heavy (non-hydrogen) atoms. The first-order chi connectivity index (χ1) is 12.7. The largest absolute Gasteiger partial charge is 0.326 e. The second-order valence-corrected chi connectivity index (χ2v) is 7.59. The number of piperidine rings is 1. The number of para-hydroxylation sites is 1. The quantitative estimate of drug-likeness (QED) is 0.714. The second kappa shape index (κ2) is 6.09. The van der Waals surface area contributed by atoms with Crippen molar-refractivity contribution in [2.45, 2.75) is 37.8 Å². The summed E-state index contributed by atoms with van der Waals surface area (Å²) in [5, 5.41) is 1.07. The maximum atomic E-state index is 13.0. The Morgan fingerprint density at radius 1 is 1.08 bits per heavy atom. The molecule has 0 aliphatic carbocycles. The van der Waals surface area contributed by atoms with Gasteiger partial charge >= 0.3 is 0 Å². The van der Waals surface area contributed by atoms with E-state index in [1.807, 2.05) is 37.5 Å². The van der Waals surface area contributed by atoms with E-state index < -0.39 is 0 Å². The molecule has 0 bridgehead atoms. The lowest BCUT2D eigenvalue weighted by Gasteiger charge is -2.38. The monoisotopic (exact) mass is 348 g/mol. The summed E-state index contributed by atoms with van der Waals surface area (Å²) in [5.74, 6) is 0.815. The zero-order valence-corrected chi connectivity index (χ0v) is 15.1. The standard InChI is InChI=1S/C21H24N4O/c1-23-17-7-3-2-6-15(17)14-16(21(23)26)20-22-10-13-25(20)19-9-5-12-24-11-4-8-18(19)24/h2-3,6-7,10,13-14,18-19H,4-5,8-9,11-12H2,1H3/t18-,19-/m1/s1. The summed E-state index contributed by atoms with van der Waals surface area (Å²) in [6.45, 7) is 2.42. The molecule has 2 atom stereocenters. The number of hydrogen-bond donors (Lipinski definition) is 0. The lowest BCUT2D eigenvalue weighted by molar-refractivity contribution is 0.139. The molecule has 3 aromatic rings. The van der Waals surface area contributed by atoms with Crippen LogP contribution in [0.4, 0.5) is 0 Å². The lowest BCUT2D eigenvalue weighted by Crippen LogP contribution is -2.41. The van der Waals surface area contributed by atoms with Crippen LogP contribution in [0.3, 0.4) is 0 Å². The molecule has 2 aromatic heterocycles. The summed E-state index contributed by atoms with van der Waals surface area (Å²) in [6, 6.07) is 11.0. The highest BCUT2D eigenvalue weighted by Crippen LogP contribution is 2.36. The molecule has 4 heterocycles. The van der Waals surface area contributed by atoms with Crippen LogP contribution in [0.5, 0.6) is 0 Å². The average molecular weight is 348 g/mol. The fraction of sp³-hybridized carbons (Fsp3) is 0.429. The summed E-state index contributed by atoms with van der Waals surface area (Å²) in [7, 11) is 1.85. The van der Waals surface area contributed by atoms with Gasteiger partial charge in [-0.15, -0.1) is 0 Å². The van der Waals surface area contributed by atoms with Crippen LogP contribution in [-0.2, 0) is 7.05 Å². The van der Waals surface area contributed by atoms with Crippen molar-refractivity contribution >= 4 is 10.9 Å². The van der Waals surface area contributed by atoms with Gasteiger partial charge in [0.05, 0.1) is 17.1 Å². The average Bonchev–Trinajstić information content (AvgIpc) is 3.33. The minimum Gasteiger partial charge on any atom is -0.326 e. The normalized spacial score (nSPS) is 23.4. The molecular formula is C21H24N4O. The number of hydrogen-bond acceptors (Lipinski definition) is 3. The zero-order chi connectivity index (χ0) is 17.7. The summed E-state index contributed by atoms with van der Waals surface area (Å²) in [4.78, 5) is 20.3. The highest BCUT2D eigenvalue weighted by Gasteiger charge is 2.36. The van der Waals surface area contributed by atoms with Crippen molar-refractivity contribution in [3.63, 3.8) is 0 Å². The predicted molar refractivity (Wildman–Crippen MR) is 103 cm³/mol. The number of aromatic nitrogens is 3. The number of benzene rings is 1. The van der Waals surface area contributed by atoms with Crippen molar-refractivity contribution in [3.05, 3.63) is 53.1 Å². The van der Waals surface area contributed by atoms with E-state index in [2.05, 4.69) is 26.7 Å². The Morgan fingerprint density at radius 3 is 2.69 bits per heavy atom. The van der Waals surface area contributed by atoms with Gasteiger partial charge in [-0.25, -0.2) is 4.98 Å². The third kappa shape index (κ3) is 2.34. The third-order valence-corrected chi connectivity index (χ3v) is 6.20. The van der Waals surface area contributed by atoms with Crippen molar-refractivity contribution in [2.75, 3.05) is 13.1 Å². The number of imidazole rings is 1. The molecule has 5 rings (SSSR count). The zero-order valence-electron chi connectivity index (χ0n) is 15.1. The summed E-state index contributed by atoms with van der Waals surface area (Å²) >= 11 is 0. The summed E-state index contributed by atoms with van der Waals surface area (Å²) in [6.07, 6.45) is 8.82. The maximum Gasteiger partial charge on any atom is 0.261 e. The van der Waals surface area contributed by atoms with Crippen molar-refractivity contribution in [1.29, 1.82) is 0 Å². The van der Waals surface area contributed by atoms with Gasteiger partial charge in [0.2, 0.25) is 0 Å². The summed E-state index contributed by atoms with van der Waals surface area (Å²) in [5.41, 5.74) is 1.68. The molecule has 0 unspecified atom stereocenters. The van der Waals surface area contributed by atoms with Gasteiger partial charge in [0.1, 0.15) is 5.82 Å². The topological polar surface area (TPSA) is 43.1 Å². The molecule has 2 aliphatic heterocycles. The van der Waals surface area contributed by atoms with Crippen molar-refractivity contribution in [1.82, 2.24) is 19.0 Å².